The van der Waals surface area contributed by atoms with Crippen LogP contribution in [0.1, 0.15) is 11.3 Å². The molecule has 0 aromatic carbocycles. The second kappa shape index (κ2) is 7.27. The Kier molecular flexibility index (Phi) is 5.99. The number of thiazole rings is 1. The summed E-state index contributed by atoms with van der Waals surface area (Å²) in [6, 6.07) is 0. The lowest BCUT2D eigenvalue weighted by atomic mass is 10.4. The molecule has 0 aliphatic rings. The summed E-state index contributed by atoms with van der Waals surface area (Å²) in [5, 5.41) is 3.49. The van der Waals surface area contributed by atoms with Crippen LogP contribution in [0.15, 0.2) is 27.6 Å². The fourth-order valence-electron chi connectivity index (χ4n) is 0.904. The van der Waals surface area contributed by atoms with Gasteiger partial charge in [0.15, 0.2) is 10.2 Å². The van der Waals surface area contributed by atoms with Crippen molar-refractivity contribution in [1.82, 2.24) is 4.98 Å². The Morgan fingerprint density at radius 3 is 2.94 bits per heavy atom. The van der Waals surface area contributed by atoms with E-state index in [9.17, 15) is 17.4 Å². The standard InChI is InChI=1S/C9H9F3N2O2S2/c1-16-14-5-6-4-13-9(17-6)18(15)3-2-7(10)8(11)12/h4-5H,2-3H2,1H3/b14-5+. The maximum absolute atomic E-state index is 12.5. The molecular formula is C9H9F3N2O2S2. The minimum absolute atomic E-state index is 0.236. The van der Waals surface area contributed by atoms with Crippen LogP contribution in [0.25, 0.3) is 0 Å². The van der Waals surface area contributed by atoms with Gasteiger partial charge in [0, 0.05) is 18.4 Å². The predicted octanol–water partition coefficient (Wildman–Crippen LogP) is 2.70. The van der Waals surface area contributed by atoms with Gasteiger partial charge >= 0.3 is 6.08 Å². The van der Waals surface area contributed by atoms with Crippen LogP contribution in [-0.4, -0.2) is 28.3 Å². The van der Waals surface area contributed by atoms with Crippen LogP contribution in [0.2, 0.25) is 0 Å². The Labute approximate surface area is 108 Å². The number of aromatic nitrogens is 1. The molecule has 0 fully saturated rings. The van der Waals surface area contributed by atoms with Gasteiger partial charge in [0.05, 0.1) is 21.9 Å². The molecular weight excluding hydrogens is 289 g/mol. The van der Waals surface area contributed by atoms with Crippen molar-refractivity contribution in [3.8, 4) is 0 Å². The first kappa shape index (κ1) is 14.8. The molecule has 0 aliphatic carbocycles. The smallest absolute Gasteiger partial charge is 0.301 e. The van der Waals surface area contributed by atoms with Crippen molar-refractivity contribution in [3.05, 3.63) is 23.0 Å². The molecule has 0 N–H and O–H groups in total. The third kappa shape index (κ3) is 4.57. The maximum atomic E-state index is 12.5. The highest BCUT2D eigenvalue weighted by atomic mass is 32.2. The molecule has 0 spiro atoms. The molecule has 1 rings (SSSR count). The van der Waals surface area contributed by atoms with Crippen LogP contribution in [0.3, 0.4) is 0 Å². The molecule has 0 saturated carbocycles. The summed E-state index contributed by atoms with van der Waals surface area (Å²) < 4.78 is 47.9. The average Bonchev–Trinajstić information content (AvgIpc) is 2.81. The van der Waals surface area contributed by atoms with E-state index in [2.05, 4.69) is 15.0 Å². The summed E-state index contributed by atoms with van der Waals surface area (Å²) >= 11 is 1.07. The molecule has 1 atom stereocenters. The monoisotopic (exact) mass is 298 g/mol. The van der Waals surface area contributed by atoms with Crippen LogP contribution in [0.5, 0.6) is 0 Å². The van der Waals surface area contributed by atoms with Gasteiger partial charge in [-0.1, -0.05) is 5.16 Å². The lowest BCUT2D eigenvalue weighted by molar-refractivity contribution is 0.215. The lowest BCUT2D eigenvalue weighted by Crippen LogP contribution is -1.98. The Morgan fingerprint density at radius 1 is 1.61 bits per heavy atom. The largest absolute Gasteiger partial charge is 0.399 e. The van der Waals surface area contributed by atoms with E-state index in [1.165, 1.54) is 19.5 Å². The van der Waals surface area contributed by atoms with Crippen molar-refractivity contribution in [3.63, 3.8) is 0 Å². The van der Waals surface area contributed by atoms with E-state index >= 15 is 0 Å². The molecule has 1 aromatic heterocycles. The number of hydrogen-bond donors (Lipinski definition) is 0. The highest BCUT2D eigenvalue weighted by molar-refractivity contribution is 7.87. The molecule has 1 unspecified atom stereocenters. The van der Waals surface area contributed by atoms with Crippen molar-refractivity contribution >= 4 is 28.4 Å². The quantitative estimate of drug-likeness (QED) is 0.599. The van der Waals surface area contributed by atoms with Gasteiger partial charge in [-0.3, -0.25) is 4.21 Å². The van der Waals surface area contributed by atoms with Gasteiger partial charge in [0.25, 0.3) is 0 Å². The van der Waals surface area contributed by atoms with Gasteiger partial charge in [-0.05, 0) is 0 Å². The summed E-state index contributed by atoms with van der Waals surface area (Å²) in [5.41, 5.74) is 0. The van der Waals surface area contributed by atoms with Crippen LogP contribution in [0.4, 0.5) is 13.2 Å². The first-order chi connectivity index (χ1) is 8.54. The Hall–Kier alpha value is -1.22. The lowest BCUT2D eigenvalue weighted by Gasteiger charge is -1.95. The van der Waals surface area contributed by atoms with Crippen molar-refractivity contribution < 1.29 is 22.2 Å². The molecule has 0 amide bonds. The van der Waals surface area contributed by atoms with E-state index in [4.69, 9.17) is 0 Å². The molecule has 18 heavy (non-hydrogen) atoms. The van der Waals surface area contributed by atoms with Crippen molar-refractivity contribution in [2.45, 2.75) is 10.8 Å². The molecule has 0 bridgehead atoms. The van der Waals surface area contributed by atoms with Crippen molar-refractivity contribution in [2.75, 3.05) is 12.9 Å². The van der Waals surface area contributed by atoms with Crippen LogP contribution in [-0.2, 0) is 15.6 Å². The zero-order valence-electron chi connectivity index (χ0n) is 9.23. The predicted molar refractivity (Wildman–Crippen MR) is 63.0 cm³/mol. The third-order valence-corrected chi connectivity index (χ3v) is 4.30. The number of allylic oxidation sites excluding steroid dienone is 1. The van der Waals surface area contributed by atoms with Crippen LogP contribution >= 0.6 is 11.3 Å². The van der Waals surface area contributed by atoms with Crippen LogP contribution in [0, 0.1) is 0 Å². The fourth-order valence-corrected chi connectivity index (χ4v) is 3.03. The second-order valence-electron chi connectivity index (χ2n) is 2.91. The van der Waals surface area contributed by atoms with Gasteiger partial charge in [0.1, 0.15) is 7.11 Å². The summed E-state index contributed by atoms with van der Waals surface area (Å²) in [4.78, 5) is 8.90. The molecule has 100 valence electrons. The fraction of sp³-hybridized carbons (Fsp3) is 0.333. The number of halogens is 3. The first-order valence-electron chi connectivity index (χ1n) is 4.65. The van der Waals surface area contributed by atoms with E-state index in [0.717, 1.165) is 11.3 Å². The molecule has 0 saturated heterocycles. The van der Waals surface area contributed by atoms with Crippen molar-refractivity contribution in [2.24, 2.45) is 5.16 Å². The minimum Gasteiger partial charge on any atom is -0.399 e. The Morgan fingerprint density at radius 2 is 2.33 bits per heavy atom. The normalized spacial score (nSPS) is 12.7. The molecule has 9 heteroatoms. The van der Waals surface area contributed by atoms with E-state index in [-0.39, 0.29) is 10.1 Å². The zero-order chi connectivity index (χ0) is 13.5. The summed E-state index contributed by atoms with van der Waals surface area (Å²) in [7, 11) is -0.236. The van der Waals surface area contributed by atoms with Crippen LogP contribution < -0.4 is 0 Å². The molecule has 1 heterocycles. The Bertz CT molecular complexity index is 484. The Balaban J connectivity index is 2.60. The van der Waals surface area contributed by atoms with E-state index < -0.39 is 29.1 Å². The molecule has 0 radical (unpaired) electrons. The zero-order valence-corrected chi connectivity index (χ0v) is 10.9. The topological polar surface area (TPSA) is 51.6 Å². The SMILES string of the molecule is CO/N=C/c1cnc(S(=O)CCC(F)=C(F)F)s1. The average molecular weight is 298 g/mol. The van der Waals surface area contributed by atoms with Gasteiger partial charge < -0.3 is 4.84 Å². The summed E-state index contributed by atoms with van der Waals surface area (Å²) in [6.45, 7) is 0. The van der Waals surface area contributed by atoms with Gasteiger partial charge in [-0.2, -0.15) is 8.78 Å². The van der Waals surface area contributed by atoms with Gasteiger partial charge in [0.2, 0.25) is 0 Å². The first-order valence-corrected chi connectivity index (χ1v) is 6.78. The molecule has 1 aromatic rings. The van der Waals surface area contributed by atoms with Gasteiger partial charge in [-0.25, -0.2) is 9.37 Å². The third-order valence-electron chi connectivity index (χ3n) is 1.69. The summed E-state index contributed by atoms with van der Waals surface area (Å²) in [6.07, 6.45) is -0.155. The second-order valence-corrected chi connectivity index (χ2v) is 5.72. The maximum Gasteiger partial charge on any atom is 0.301 e. The van der Waals surface area contributed by atoms with E-state index in [1.54, 1.807) is 0 Å². The van der Waals surface area contributed by atoms with Crippen molar-refractivity contribution in [1.29, 1.82) is 0 Å². The number of nitrogens with zero attached hydrogens (tertiary/aromatic N) is 2. The molecule has 0 aliphatic heterocycles. The number of hydrogen-bond acceptors (Lipinski definition) is 5. The van der Waals surface area contributed by atoms with E-state index in [1.807, 2.05) is 0 Å². The van der Waals surface area contributed by atoms with Gasteiger partial charge in [-0.15, -0.1) is 11.3 Å². The number of rotatable bonds is 6. The number of oxime groups is 1. The highest BCUT2D eigenvalue weighted by Gasteiger charge is 2.12. The highest BCUT2D eigenvalue weighted by Crippen LogP contribution is 2.19. The molecule has 4 nitrogen and oxygen atoms in total. The van der Waals surface area contributed by atoms with E-state index in [0.29, 0.717) is 4.88 Å². The summed E-state index contributed by atoms with van der Waals surface area (Å²) in [5.74, 6) is -1.78. The minimum atomic E-state index is -2.38.